The molecule has 3 atom stereocenters. The Morgan fingerprint density at radius 1 is 1.26 bits per heavy atom. The van der Waals surface area contributed by atoms with Gasteiger partial charge in [0.05, 0.1) is 25.8 Å². The van der Waals surface area contributed by atoms with Crippen LogP contribution in [0.1, 0.15) is 42.6 Å². The highest BCUT2D eigenvalue weighted by atomic mass is 32.1. The molecule has 1 fully saturated rings. The molecule has 0 aliphatic carbocycles. The van der Waals surface area contributed by atoms with Gasteiger partial charge in [0, 0.05) is 11.8 Å². The van der Waals surface area contributed by atoms with E-state index < -0.39 is 0 Å². The zero-order valence-electron chi connectivity index (χ0n) is 16.3. The number of piperidine rings is 1. The van der Waals surface area contributed by atoms with Gasteiger partial charge in [-0.25, -0.2) is 4.98 Å². The molecule has 1 saturated heterocycles. The van der Waals surface area contributed by atoms with Crippen LogP contribution in [-0.2, 0) is 0 Å². The summed E-state index contributed by atoms with van der Waals surface area (Å²) in [6.07, 6.45) is 1.25. The lowest BCUT2D eigenvalue weighted by Gasteiger charge is -2.37. The molecule has 2 N–H and O–H groups in total. The Morgan fingerprint density at radius 2 is 1.96 bits per heavy atom. The van der Waals surface area contributed by atoms with Crippen molar-refractivity contribution in [2.75, 3.05) is 20.2 Å². The number of hydrogen-bond donors (Lipinski definition) is 2. The van der Waals surface area contributed by atoms with Crippen LogP contribution >= 0.6 is 11.3 Å². The lowest BCUT2D eigenvalue weighted by atomic mass is 9.89. The molecule has 2 aromatic heterocycles. The van der Waals surface area contributed by atoms with E-state index in [1.165, 1.54) is 22.7 Å². The molecule has 3 heterocycles. The topological polar surface area (TPSA) is 64.1 Å². The van der Waals surface area contributed by atoms with Crippen molar-refractivity contribution in [3.05, 3.63) is 40.5 Å². The Labute approximate surface area is 163 Å². The zero-order valence-corrected chi connectivity index (χ0v) is 17.1. The van der Waals surface area contributed by atoms with E-state index >= 15 is 0 Å². The van der Waals surface area contributed by atoms with Crippen molar-refractivity contribution in [2.24, 2.45) is 11.8 Å². The normalized spacial score (nSPS) is 24.2. The average Bonchev–Trinajstić information content (AvgIpc) is 3.13. The molecular formula is C20H27N4O2S+. The van der Waals surface area contributed by atoms with Crippen LogP contribution in [-0.4, -0.2) is 39.9 Å². The molecule has 0 bridgehead atoms. The van der Waals surface area contributed by atoms with E-state index in [0.29, 0.717) is 17.7 Å². The summed E-state index contributed by atoms with van der Waals surface area (Å²) in [4.78, 5) is 7.56. The monoisotopic (exact) mass is 387 g/mol. The highest BCUT2D eigenvalue weighted by Crippen LogP contribution is 2.38. The number of aromatic nitrogens is 3. The molecule has 27 heavy (non-hydrogen) atoms. The van der Waals surface area contributed by atoms with E-state index in [9.17, 15) is 5.11 Å². The van der Waals surface area contributed by atoms with Crippen molar-refractivity contribution >= 4 is 16.3 Å². The molecule has 0 radical (unpaired) electrons. The van der Waals surface area contributed by atoms with Crippen molar-refractivity contribution in [2.45, 2.75) is 33.2 Å². The number of rotatable bonds is 4. The summed E-state index contributed by atoms with van der Waals surface area (Å²) in [6.45, 7) is 8.62. The Kier molecular flexibility index (Phi) is 4.82. The maximum atomic E-state index is 11.0. The second-order valence-electron chi connectivity index (χ2n) is 7.83. The lowest BCUT2D eigenvalue weighted by Crippen LogP contribution is -3.14. The van der Waals surface area contributed by atoms with Gasteiger partial charge in [-0.3, -0.25) is 0 Å². The number of hydrogen-bond acceptors (Lipinski definition) is 5. The fourth-order valence-corrected chi connectivity index (χ4v) is 5.73. The molecular weight excluding hydrogens is 360 g/mol. The molecule has 4 rings (SSSR count). The first kappa shape index (κ1) is 18.3. The molecule has 0 amide bonds. The van der Waals surface area contributed by atoms with Crippen LogP contribution in [0.25, 0.3) is 4.96 Å². The molecule has 0 unspecified atom stereocenters. The smallest absolute Gasteiger partial charge is 0.235 e. The maximum Gasteiger partial charge on any atom is 0.235 e. The number of aryl methyl sites for hydroxylation is 1. The van der Waals surface area contributed by atoms with Crippen LogP contribution in [0.2, 0.25) is 0 Å². The summed E-state index contributed by atoms with van der Waals surface area (Å²) in [5.41, 5.74) is 1.10. The van der Waals surface area contributed by atoms with Crippen molar-refractivity contribution in [1.29, 1.82) is 0 Å². The molecule has 6 nitrogen and oxygen atoms in total. The fourth-order valence-electron chi connectivity index (χ4n) is 4.56. The molecule has 1 aromatic carbocycles. The quantitative estimate of drug-likeness (QED) is 0.722. The van der Waals surface area contributed by atoms with Gasteiger partial charge in [0.15, 0.2) is 6.04 Å². The molecule has 7 heteroatoms. The van der Waals surface area contributed by atoms with Gasteiger partial charge in [-0.15, -0.1) is 5.10 Å². The Bertz CT molecular complexity index is 941. The zero-order chi connectivity index (χ0) is 19.1. The minimum Gasteiger partial charge on any atom is -0.496 e. The lowest BCUT2D eigenvalue weighted by molar-refractivity contribution is -0.936. The van der Waals surface area contributed by atoms with Gasteiger partial charge >= 0.3 is 0 Å². The van der Waals surface area contributed by atoms with E-state index in [1.54, 1.807) is 11.6 Å². The third-order valence-corrected chi connectivity index (χ3v) is 6.54. The van der Waals surface area contributed by atoms with Gasteiger partial charge < -0.3 is 14.7 Å². The van der Waals surface area contributed by atoms with Crippen LogP contribution in [0.3, 0.4) is 0 Å². The number of fused-ring (bicyclic) bond motifs is 1. The molecule has 0 spiro atoms. The van der Waals surface area contributed by atoms with E-state index in [-0.39, 0.29) is 11.9 Å². The number of nitrogens with one attached hydrogen (secondary N) is 1. The van der Waals surface area contributed by atoms with Crippen molar-refractivity contribution < 1.29 is 14.7 Å². The van der Waals surface area contributed by atoms with Crippen molar-refractivity contribution in [3.8, 4) is 11.6 Å². The van der Waals surface area contributed by atoms with Crippen LogP contribution < -0.4 is 9.64 Å². The third kappa shape index (κ3) is 3.30. The number of benzene rings is 1. The molecule has 1 aliphatic rings. The van der Waals surface area contributed by atoms with Crippen LogP contribution in [0.5, 0.6) is 11.6 Å². The van der Waals surface area contributed by atoms with Gasteiger partial charge in [0.2, 0.25) is 10.8 Å². The highest BCUT2D eigenvalue weighted by molar-refractivity contribution is 7.17. The SMILES string of the molecule is COc1ccccc1[C@@H](c1sc2nc(C)nn2c1O)[NH+]1C[C@@H](C)C[C@H](C)C1. The predicted octanol–water partition coefficient (Wildman–Crippen LogP) is 2.46. The number of para-hydroxylation sites is 1. The van der Waals surface area contributed by atoms with Crippen molar-refractivity contribution in [1.82, 2.24) is 14.6 Å². The van der Waals surface area contributed by atoms with Gasteiger partial charge in [0.25, 0.3) is 0 Å². The number of likely N-dealkylation sites (tertiary alicyclic amines) is 1. The second kappa shape index (κ2) is 7.13. The summed E-state index contributed by atoms with van der Waals surface area (Å²) in [6, 6.07) is 8.14. The van der Waals surface area contributed by atoms with Crippen LogP contribution in [0.15, 0.2) is 24.3 Å². The summed E-state index contributed by atoms with van der Waals surface area (Å²) in [5.74, 6) is 3.02. The second-order valence-corrected chi connectivity index (χ2v) is 8.84. The summed E-state index contributed by atoms with van der Waals surface area (Å²) in [7, 11) is 1.71. The number of thiazole rings is 1. The highest BCUT2D eigenvalue weighted by Gasteiger charge is 2.38. The number of ether oxygens (including phenoxy) is 1. The van der Waals surface area contributed by atoms with Crippen LogP contribution in [0, 0.1) is 18.8 Å². The largest absolute Gasteiger partial charge is 0.496 e. The number of methoxy groups -OCH3 is 1. The van der Waals surface area contributed by atoms with E-state index in [0.717, 1.165) is 34.2 Å². The fraction of sp³-hybridized carbons (Fsp3) is 0.500. The van der Waals surface area contributed by atoms with Gasteiger partial charge in [-0.1, -0.05) is 37.3 Å². The first-order chi connectivity index (χ1) is 13.0. The minimum absolute atomic E-state index is 0.000145. The molecule has 3 aromatic rings. The summed E-state index contributed by atoms with van der Waals surface area (Å²) >= 11 is 1.53. The summed E-state index contributed by atoms with van der Waals surface area (Å²) in [5, 5.41) is 15.3. The standard InChI is InChI=1S/C20H26N4O2S/c1-12-9-13(2)11-23(10-12)17(15-7-5-6-8-16(15)26-4)18-19(25)24-20(27-18)21-14(3)22-24/h5-8,12-13,17,25H,9-11H2,1-4H3/p+1/t12-,13-,17-/m0/s1. The van der Waals surface area contributed by atoms with Gasteiger partial charge in [-0.2, -0.15) is 4.52 Å². The van der Waals surface area contributed by atoms with Crippen LogP contribution in [0.4, 0.5) is 0 Å². The molecule has 1 aliphatic heterocycles. The first-order valence-corrected chi connectivity index (χ1v) is 10.3. The third-order valence-electron chi connectivity index (χ3n) is 5.45. The van der Waals surface area contributed by atoms with E-state index in [1.807, 2.05) is 25.1 Å². The van der Waals surface area contributed by atoms with Gasteiger partial charge in [0.1, 0.15) is 16.5 Å². The number of quaternary nitrogens is 1. The maximum absolute atomic E-state index is 11.0. The van der Waals surface area contributed by atoms with Crippen molar-refractivity contribution in [3.63, 3.8) is 0 Å². The predicted molar refractivity (Wildman–Crippen MR) is 106 cm³/mol. The van der Waals surface area contributed by atoms with Gasteiger partial charge in [-0.05, 0) is 25.5 Å². The Balaban J connectivity index is 1.87. The summed E-state index contributed by atoms with van der Waals surface area (Å²) < 4.78 is 7.24. The minimum atomic E-state index is 0.000145. The van der Waals surface area contributed by atoms with E-state index in [4.69, 9.17) is 4.74 Å². The first-order valence-electron chi connectivity index (χ1n) is 9.50. The average molecular weight is 388 g/mol. The van der Waals surface area contributed by atoms with E-state index in [2.05, 4.69) is 30.0 Å². The Hall–Kier alpha value is -2.12. The molecule has 0 saturated carbocycles. The number of aromatic hydroxyl groups is 1. The number of nitrogens with zero attached hydrogens (tertiary/aromatic N) is 3. The Morgan fingerprint density at radius 3 is 2.63 bits per heavy atom. The molecule has 144 valence electrons.